The third kappa shape index (κ3) is 3.91. The molecule has 2 atom stereocenters. The van der Waals surface area contributed by atoms with Crippen LogP contribution in [-0.2, 0) is 4.74 Å². The van der Waals surface area contributed by atoms with E-state index in [-0.39, 0.29) is 17.2 Å². The van der Waals surface area contributed by atoms with Crippen molar-refractivity contribution in [2.45, 2.75) is 39.7 Å². The number of nitrogens with one attached hydrogen (secondary N) is 1. The fourth-order valence-corrected chi connectivity index (χ4v) is 2.92. The number of nitro groups is 1. The van der Waals surface area contributed by atoms with Crippen LogP contribution < -0.4 is 5.32 Å². The van der Waals surface area contributed by atoms with Crippen LogP contribution in [0.15, 0.2) is 18.3 Å². The molecule has 0 bridgehead atoms. The van der Waals surface area contributed by atoms with Gasteiger partial charge in [0, 0.05) is 31.3 Å². The Balaban J connectivity index is 2.06. The molecule has 116 valence electrons. The second kappa shape index (κ2) is 6.39. The number of rotatable bonds is 4. The summed E-state index contributed by atoms with van der Waals surface area (Å²) in [4.78, 5) is 14.7. The van der Waals surface area contributed by atoms with Crippen LogP contribution in [0.25, 0.3) is 0 Å². The van der Waals surface area contributed by atoms with E-state index in [0.29, 0.717) is 18.3 Å². The highest BCUT2D eigenvalue weighted by molar-refractivity contribution is 5.55. The Bertz CT molecular complexity index is 499. The van der Waals surface area contributed by atoms with Gasteiger partial charge in [0.05, 0.1) is 11.0 Å². The minimum Gasteiger partial charge on any atom is -0.377 e. The Morgan fingerprint density at radius 3 is 2.95 bits per heavy atom. The maximum atomic E-state index is 11.0. The quantitative estimate of drug-likeness (QED) is 0.681. The van der Waals surface area contributed by atoms with Crippen LogP contribution in [-0.4, -0.2) is 29.2 Å². The number of nitrogens with zero attached hydrogens (tertiary/aromatic N) is 2. The average Bonchev–Trinajstić information content (AvgIpc) is 2.44. The van der Waals surface area contributed by atoms with Crippen molar-refractivity contribution >= 4 is 11.5 Å². The molecule has 0 aliphatic carbocycles. The van der Waals surface area contributed by atoms with Gasteiger partial charge in [-0.25, -0.2) is 4.98 Å². The summed E-state index contributed by atoms with van der Waals surface area (Å²) in [5, 5.41) is 14.1. The van der Waals surface area contributed by atoms with Crippen LogP contribution in [0.3, 0.4) is 0 Å². The number of aromatic nitrogens is 1. The summed E-state index contributed by atoms with van der Waals surface area (Å²) in [5.41, 5.74) is 0.0737. The molecular weight excluding hydrogens is 270 g/mol. The zero-order chi connectivity index (χ0) is 15.5. The van der Waals surface area contributed by atoms with Crippen molar-refractivity contribution in [3.8, 4) is 0 Å². The first kappa shape index (κ1) is 15.7. The van der Waals surface area contributed by atoms with E-state index in [1.807, 2.05) is 0 Å². The molecule has 0 amide bonds. The molecule has 21 heavy (non-hydrogen) atoms. The molecule has 0 saturated carbocycles. The summed E-state index contributed by atoms with van der Waals surface area (Å²) >= 11 is 0. The Morgan fingerprint density at radius 2 is 2.29 bits per heavy atom. The van der Waals surface area contributed by atoms with Gasteiger partial charge in [-0.1, -0.05) is 20.8 Å². The molecule has 1 saturated heterocycles. The molecule has 1 fully saturated rings. The van der Waals surface area contributed by atoms with E-state index in [0.717, 1.165) is 19.4 Å². The van der Waals surface area contributed by atoms with Crippen LogP contribution in [0.1, 0.15) is 33.6 Å². The van der Waals surface area contributed by atoms with Gasteiger partial charge in [-0.05, 0) is 24.3 Å². The molecular formula is C15H23N3O3. The fraction of sp³-hybridized carbons (Fsp3) is 0.667. The molecule has 0 radical (unpaired) electrons. The van der Waals surface area contributed by atoms with Crippen molar-refractivity contribution in [1.82, 2.24) is 4.98 Å². The molecule has 6 nitrogen and oxygen atoms in total. The lowest BCUT2D eigenvalue weighted by Gasteiger charge is -2.40. The molecule has 1 aliphatic heterocycles. The van der Waals surface area contributed by atoms with Crippen molar-refractivity contribution < 1.29 is 9.66 Å². The fourth-order valence-electron chi connectivity index (χ4n) is 2.92. The van der Waals surface area contributed by atoms with E-state index in [9.17, 15) is 10.1 Å². The normalized spacial score (nSPS) is 22.8. The minimum atomic E-state index is -0.409. The van der Waals surface area contributed by atoms with Gasteiger partial charge in [-0.2, -0.15) is 0 Å². The molecule has 6 heteroatoms. The van der Waals surface area contributed by atoms with E-state index < -0.39 is 4.92 Å². The van der Waals surface area contributed by atoms with Gasteiger partial charge in [-0.15, -0.1) is 0 Å². The largest absolute Gasteiger partial charge is 0.377 e. The summed E-state index contributed by atoms with van der Waals surface area (Å²) in [7, 11) is 0. The molecule has 0 aromatic carbocycles. The van der Waals surface area contributed by atoms with Crippen LogP contribution in [0.2, 0.25) is 0 Å². The van der Waals surface area contributed by atoms with Crippen LogP contribution in [0.5, 0.6) is 0 Å². The number of hydrogen-bond donors (Lipinski definition) is 1. The topological polar surface area (TPSA) is 77.3 Å². The highest BCUT2D eigenvalue weighted by atomic mass is 16.6. The number of pyridine rings is 1. The van der Waals surface area contributed by atoms with E-state index in [4.69, 9.17) is 4.74 Å². The maximum absolute atomic E-state index is 11.0. The Hall–Kier alpha value is -1.69. The number of ether oxygens (including phenoxy) is 1. The summed E-state index contributed by atoms with van der Waals surface area (Å²) in [6.07, 6.45) is 3.81. The van der Waals surface area contributed by atoms with Crippen molar-refractivity contribution in [3.63, 3.8) is 0 Å². The molecule has 1 aromatic heterocycles. The predicted octanol–water partition coefficient (Wildman–Crippen LogP) is 3.24. The smallest absolute Gasteiger partial charge is 0.311 e. The summed E-state index contributed by atoms with van der Waals surface area (Å²) in [6.45, 7) is 7.93. The first-order valence-corrected chi connectivity index (χ1v) is 7.34. The first-order valence-electron chi connectivity index (χ1n) is 7.34. The lowest BCUT2D eigenvalue weighted by atomic mass is 9.78. The van der Waals surface area contributed by atoms with Gasteiger partial charge in [0.15, 0.2) is 0 Å². The van der Waals surface area contributed by atoms with Gasteiger partial charge < -0.3 is 10.1 Å². The van der Waals surface area contributed by atoms with Crippen LogP contribution in [0, 0.1) is 21.4 Å². The summed E-state index contributed by atoms with van der Waals surface area (Å²) < 4.78 is 5.93. The highest BCUT2D eigenvalue weighted by Crippen LogP contribution is 2.34. The predicted molar refractivity (Wildman–Crippen MR) is 81.3 cm³/mol. The molecule has 1 N–H and O–H groups in total. The van der Waals surface area contributed by atoms with E-state index in [2.05, 4.69) is 31.1 Å². The van der Waals surface area contributed by atoms with E-state index >= 15 is 0 Å². The van der Waals surface area contributed by atoms with Gasteiger partial charge in [-0.3, -0.25) is 10.1 Å². The Kier molecular flexibility index (Phi) is 4.77. The van der Waals surface area contributed by atoms with Crippen molar-refractivity contribution in [1.29, 1.82) is 0 Å². The van der Waals surface area contributed by atoms with Gasteiger partial charge in [0.25, 0.3) is 0 Å². The molecule has 1 aliphatic rings. The zero-order valence-corrected chi connectivity index (χ0v) is 12.8. The number of hydrogen-bond acceptors (Lipinski definition) is 5. The third-order valence-corrected chi connectivity index (χ3v) is 3.81. The van der Waals surface area contributed by atoms with E-state index in [1.54, 1.807) is 12.3 Å². The monoisotopic (exact) mass is 293 g/mol. The molecule has 0 spiro atoms. The van der Waals surface area contributed by atoms with Crippen molar-refractivity contribution in [3.05, 3.63) is 28.4 Å². The molecule has 2 rings (SSSR count). The molecule has 1 aromatic rings. The van der Waals surface area contributed by atoms with Crippen LogP contribution >= 0.6 is 0 Å². The lowest BCUT2D eigenvalue weighted by Crippen LogP contribution is -2.42. The highest BCUT2D eigenvalue weighted by Gasteiger charge is 2.35. The SMILES string of the molecule is CC(C)(C)C1OCCCC1CNc1ncccc1[N+](=O)[O-]. The van der Waals surface area contributed by atoms with Crippen LogP contribution in [0.4, 0.5) is 11.5 Å². The Labute approximate surface area is 125 Å². The van der Waals surface area contributed by atoms with Crippen molar-refractivity contribution in [2.24, 2.45) is 11.3 Å². The summed E-state index contributed by atoms with van der Waals surface area (Å²) in [6, 6.07) is 3.04. The zero-order valence-electron chi connectivity index (χ0n) is 12.8. The maximum Gasteiger partial charge on any atom is 0.311 e. The molecule has 2 heterocycles. The standard InChI is InChI=1S/C15H23N3O3/c1-15(2,3)13-11(6-5-9-21-13)10-17-14-12(18(19)20)7-4-8-16-14/h4,7-8,11,13H,5-6,9-10H2,1-3H3,(H,16,17). The summed E-state index contributed by atoms with van der Waals surface area (Å²) in [5.74, 6) is 0.668. The van der Waals surface area contributed by atoms with Gasteiger partial charge in [0.2, 0.25) is 5.82 Å². The molecule has 2 unspecified atom stereocenters. The van der Waals surface area contributed by atoms with Crippen molar-refractivity contribution in [2.75, 3.05) is 18.5 Å². The number of anilines is 1. The average molecular weight is 293 g/mol. The van der Waals surface area contributed by atoms with Gasteiger partial charge >= 0.3 is 5.69 Å². The lowest BCUT2D eigenvalue weighted by molar-refractivity contribution is -0.384. The Morgan fingerprint density at radius 1 is 1.52 bits per heavy atom. The first-order chi connectivity index (χ1) is 9.89. The second-order valence-corrected chi connectivity index (χ2v) is 6.57. The van der Waals surface area contributed by atoms with E-state index in [1.165, 1.54) is 6.07 Å². The van der Waals surface area contributed by atoms with Gasteiger partial charge in [0.1, 0.15) is 0 Å². The minimum absolute atomic E-state index is 0.0153. The third-order valence-electron chi connectivity index (χ3n) is 3.81. The second-order valence-electron chi connectivity index (χ2n) is 6.57.